The molecule has 1 N–H and O–H groups in total. The van der Waals surface area contributed by atoms with Crippen molar-refractivity contribution in [2.24, 2.45) is 17.3 Å². The van der Waals surface area contributed by atoms with Gasteiger partial charge in [0.25, 0.3) is 5.91 Å². The van der Waals surface area contributed by atoms with Gasteiger partial charge < -0.3 is 9.84 Å². The van der Waals surface area contributed by atoms with Crippen LogP contribution in [0.2, 0.25) is 19.6 Å². The minimum Gasteiger partial charge on any atom is -0.396 e. The summed E-state index contributed by atoms with van der Waals surface area (Å²) in [6.07, 6.45) is 4.38. The first-order valence-corrected chi connectivity index (χ1v) is 12.9. The molecule has 0 saturated carbocycles. The van der Waals surface area contributed by atoms with Gasteiger partial charge in [-0.3, -0.25) is 14.5 Å². The van der Waals surface area contributed by atoms with Gasteiger partial charge in [-0.05, 0) is 26.7 Å². The standard InChI is InChI=1S/C20H31NO4Si/c1-14(2)25-18-17-9-7-8-16(10-12-22)20(17,11-13-26(4,5)6)19(24)21(18)15(3)23/h7-8,14,16-18,22H,9-10,12H2,1-6H3/t16-,17+,18+,20+/m1/s1. The highest BCUT2D eigenvalue weighted by Crippen LogP contribution is 2.53. The number of aliphatic hydroxyl groups is 1. The zero-order valence-corrected chi connectivity index (χ0v) is 17.7. The second-order valence-corrected chi connectivity index (χ2v) is 13.3. The fourth-order valence-corrected chi connectivity index (χ4v) is 4.49. The molecular weight excluding hydrogens is 346 g/mol. The maximum atomic E-state index is 13.5. The summed E-state index contributed by atoms with van der Waals surface area (Å²) < 4.78 is 6.04. The van der Waals surface area contributed by atoms with E-state index in [4.69, 9.17) is 4.74 Å². The lowest BCUT2D eigenvalue weighted by molar-refractivity contribution is -0.157. The number of nitrogens with zero attached hydrogens (tertiary/aromatic N) is 1. The SMILES string of the molecule is CC(=O)N1C(=O)[C@@]2(C#C[Si](C)(C)C)[C@@H](CCO)C=CC[C@H]2[C@@H]1OC(C)C. The molecule has 1 saturated heterocycles. The van der Waals surface area contributed by atoms with Crippen molar-refractivity contribution in [3.63, 3.8) is 0 Å². The number of hydrogen-bond acceptors (Lipinski definition) is 4. The van der Waals surface area contributed by atoms with Crippen molar-refractivity contribution in [3.05, 3.63) is 12.2 Å². The molecule has 1 heterocycles. The second kappa shape index (κ2) is 7.67. The summed E-state index contributed by atoms with van der Waals surface area (Å²) in [5.74, 6) is 2.32. The zero-order chi connectivity index (χ0) is 19.7. The summed E-state index contributed by atoms with van der Waals surface area (Å²) in [5.41, 5.74) is 2.37. The summed E-state index contributed by atoms with van der Waals surface area (Å²) in [6, 6.07) is 0. The van der Waals surface area contributed by atoms with Gasteiger partial charge in [-0.1, -0.05) is 37.7 Å². The van der Waals surface area contributed by atoms with E-state index in [1.807, 2.05) is 26.0 Å². The number of carbonyl (C=O) groups is 2. The van der Waals surface area contributed by atoms with Crippen molar-refractivity contribution >= 4 is 19.9 Å². The molecule has 5 nitrogen and oxygen atoms in total. The average molecular weight is 378 g/mol. The van der Waals surface area contributed by atoms with E-state index in [0.717, 1.165) is 0 Å². The fourth-order valence-electron chi connectivity index (χ4n) is 3.90. The van der Waals surface area contributed by atoms with Crippen LogP contribution < -0.4 is 0 Å². The third kappa shape index (κ3) is 3.80. The Bertz CT molecular complexity index is 655. The number of ether oxygens (including phenoxy) is 1. The van der Waals surface area contributed by atoms with Crippen LogP contribution in [-0.2, 0) is 14.3 Å². The van der Waals surface area contributed by atoms with E-state index >= 15 is 0 Å². The van der Waals surface area contributed by atoms with Crippen molar-refractivity contribution in [3.8, 4) is 11.5 Å². The van der Waals surface area contributed by atoms with Gasteiger partial charge in [0.15, 0.2) is 0 Å². The Kier molecular flexibility index (Phi) is 6.16. The van der Waals surface area contributed by atoms with E-state index in [0.29, 0.717) is 12.8 Å². The van der Waals surface area contributed by atoms with Crippen LogP contribution in [0.4, 0.5) is 0 Å². The minimum atomic E-state index is -1.74. The monoisotopic (exact) mass is 377 g/mol. The number of fused-ring (bicyclic) bond motifs is 1. The molecule has 0 unspecified atom stereocenters. The Morgan fingerprint density at radius 1 is 1.46 bits per heavy atom. The van der Waals surface area contributed by atoms with Crippen LogP contribution >= 0.6 is 0 Å². The lowest BCUT2D eigenvalue weighted by atomic mass is 9.63. The first-order chi connectivity index (χ1) is 12.0. The van der Waals surface area contributed by atoms with Gasteiger partial charge in [0.2, 0.25) is 5.91 Å². The first-order valence-electron chi connectivity index (χ1n) is 9.36. The van der Waals surface area contributed by atoms with E-state index in [-0.39, 0.29) is 36.4 Å². The Balaban J connectivity index is 2.65. The highest BCUT2D eigenvalue weighted by Gasteiger charge is 2.63. The van der Waals surface area contributed by atoms with Gasteiger partial charge in [0.1, 0.15) is 19.7 Å². The number of carbonyl (C=O) groups excluding carboxylic acids is 2. The molecule has 0 aromatic heterocycles. The molecule has 1 aliphatic heterocycles. The van der Waals surface area contributed by atoms with Crippen LogP contribution in [0.5, 0.6) is 0 Å². The summed E-state index contributed by atoms with van der Waals surface area (Å²) in [6.45, 7) is 11.6. The Hall–Kier alpha value is -1.42. The van der Waals surface area contributed by atoms with Crippen molar-refractivity contribution in [1.82, 2.24) is 4.90 Å². The van der Waals surface area contributed by atoms with Gasteiger partial charge in [-0.15, -0.1) is 5.54 Å². The minimum absolute atomic E-state index is 0.0266. The summed E-state index contributed by atoms with van der Waals surface area (Å²) in [4.78, 5) is 27.1. The van der Waals surface area contributed by atoms with Gasteiger partial charge in [0.05, 0.1) is 6.10 Å². The van der Waals surface area contributed by atoms with Crippen molar-refractivity contribution in [1.29, 1.82) is 0 Å². The smallest absolute Gasteiger partial charge is 0.250 e. The van der Waals surface area contributed by atoms with Crippen LogP contribution in [0.15, 0.2) is 12.2 Å². The first kappa shape index (κ1) is 20.9. The maximum absolute atomic E-state index is 13.5. The van der Waals surface area contributed by atoms with E-state index in [9.17, 15) is 14.7 Å². The van der Waals surface area contributed by atoms with Gasteiger partial charge >= 0.3 is 0 Å². The Morgan fingerprint density at radius 2 is 2.12 bits per heavy atom. The topological polar surface area (TPSA) is 66.8 Å². The summed E-state index contributed by atoms with van der Waals surface area (Å²) >= 11 is 0. The Labute approximate surface area is 157 Å². The average Bonchev–Trinajstić information content (AvgIpc) is 2.75. The summed E-state index contributed by atoms with van der Waals surface area (Å²) in [7, 11) is -1.74. The largest absolute Gasteiger partial charge is 0.396 e. The highest BCUT2D eigenvalue weighted by molar-refractivity contribution is 6.83. The maximum Gasteiger partial charge on any atom is 0.250 e. The number of rotatable bonds is 4. The van der Waals surface area contributed by atoms with E-state index in [1.54, 1.807) is 0 Å². The molecule has 0 aromatic carbocycles. The van der Waals surface area contributed by atoms with E-state index < -0.39 is 19.7 Å². The normalized spacial score (nSPS) is 31.0. The molecule has 6 heteroatoms. The lowest BCUT2D eigenvalue weighted by Gasteiger charge is -2.38. The molecule has 0 bridgehead atoms. The molecule has 2 amide bonds. The van der Waals surface area contributed by atoms with Crippen molar-refractivity contribution in [2.75, 3.05) is 6.61 Å². The molecule has 144 valence electrons. The fraction of sp³-hybridized carbons (Fsp3) is 0.700. The van der Waals surface area contributed by atoms with Crippen LogP contribution in [0.1, 0.15) is 33.6 Å². The predicted molar refractivity (Wildman–Crippen MR) is 104 cm³/mol. The number of imide groups is 1. The van der Waals surface area contributed by atoms with Crippen molar-refractivity contribution in [2.45, 2.75) is 65.6 Å². The number of likely N-dealkylation sites (tertiary alicyclic amines) is 1. The van der Waals surface area contributed by atoms with Crippen molar-refractivity contribution < 1.29 is 19.4 Å². The molecular formula is C20H31NO4Si. The van der Waals surface area contributed by atoms with Crippen LogP contribution in [0.25, 0.3) is 0 Å². The molecule has 0 radical (unpaired) electrons. The quantitative estimate of drug-likeness (QED) is 0.464. The Morgan fingerprint density at radius 3 is 2.62 bits per heavy atom. The van der Waals surface area contributed by atoms with E-state index in [1.165, 1.54) is 11.8 Å². The second-order valence-electron chi connectivity index (χ2n) is 8.53. The number of allylic oxidation sites excluding steroid dienone is 2. The molecule has 2 rings (SSSR count). The summed E-state index contributed by atoms with van der Waals surface area (Å²) in [5, 5.41) is 9.56. The molecule has 1 fully saturated rings. The van der Waals surface area contributed by atoms with Gasteiger partial charge in [-0.2, -0.15) is 0 Å². The van der Waals surface area contributed by atoms with Crippen LogP contribution in [0, 0.1) is 28.7 Å². The number of hydrogen-bond donors (Lipinski definition) is 1. The lowest BCUT2D eigenvalue weighted by Crippen LogP contribution is -2.44. The highest BCUT2D eigenvalue weighted by atomic mass is 28.3. The molecule has 2 aliphatic rings. The van der Waals surface area contributed by atoms with Crippen LogP contribution in [0.3, 0.4) is 0 Å². The van der Waals surface area contributed by atoms with Gasteiger partial charge in [0, 0.05) is 25.4 Å². The predicted octanol–water partition coefficient (Wildman–Crippen LogP) is 2.57. The van der Waals surface area contributed by atoms with Crippen LogP contribution in [-0.4, -0.2) is 48.8 Å². The molecule has 4 atom stereocenters. The van der Waals surface area contributed by atoms with E-state index in [2.05, 4.69) is 31.1 Å². The molecule has 0 aromatic rings. The third-order valence-electron chi connectivity index (χ3n) is 4.93. The molecule has 26 heavy (non-hydrogen) atoms. The zero-order valence-electron chi connectivity index (χ0n) is 16.7. The molecule has 1 aliphatic carbocycles. The molecule has 0 spiro atoms. The number of amides is 2. The van der Waals surface area contributed by atoms with Gasteiger partial charge in [-0.25, -0.2) is 0 Å². The third-order valence-corrected chi connectivity index (χ3v) is 5.81. The number of aliphatic hydroxyl groups excluding tert-OH is 1.